The molecule has 0 N–H and O–H groups in total. The summed E-state index contributed by atoms with van der Waals surface area (Å²) in [5.41, 5.74) is 0. The molecule has 0 aromatic rings. The van der Waals surface area contributed by atoms with Crippen LogP contribution in [0.5, 0.6) is 0 Å². The largest absolute Gasteiger partial charge is 0.463 e. The van der Waals surface area contributed by atoms with E-state index in [9.17, 15) is 4.79 Å². The Morgan fingerprint density at radius 1 is 1.47 bits per heavy atom. The number of fused-ring (bicyclic) bond motifs is 1. The van der Waals surface area contributed by atoms with Crippen LogP contribution in [0.25, 0.3) is 0 Å². The van der Waals surface area contributed by atoms with Gasteiger partial charge in [-0.05, 0) is 13.8 Å². The number of ether oxygens (including phenoxy) is 4. The van der Waals surface area contributed by atoms with Crippen LogP contribution in [0.4, 0.5) is 0 Å². The lowest BCUT2D eigenvalue weighted by Crippen LogP contribution is -2.33. The SMILES string of the molecule is CC(=O)OC[C@H]1OC[C@@H]2OC(C)(C)O[C@@H]21. The second-order valence-electron chi connectivity index (χ2n) is 4.31. The third-order valence-electron chi connectivity index (χ3n) is 2.51. The average Bonchev–Trinajstić information content (AvgIpc) is 2.56. The Hall–Kier alpha value is -0.650. The van der Waals surface area contributed by atoms with Gasteiger partial charge in [-0.1, -0.05) is 0 Å². The first kappa shape index (κ1) is 10.9. The van der Waals surface area contributed by atoms with E-state index >= 15 is 0 Å². The van der Waals surface area contributed by atoms with Crippen LogP contribution in [0.15, 0.2) is 0 Å². The lowest BCUT2D eigenvalue weighted by Gasteiger charge is -2.21. The van der Waals surface area contributed by atoms with Gasteiger partial charge in [0.05, 0.1) is 6.61 Å². The Labute approximate surface area is 88.6 Å². The molecule has 0 aliphatic carbocycles. The van der Waals surface area contributed by atoms with E-state index in [0.29, 0.717) is 6.61 Å². The van der Waals surface area contributed by atoms with Gasteiger partial charge in [0.15, 0.2) is 5.79 Å². The second-order valence-corrected chi connectivity index (χ2v) is 4.31. The third-order valence-corrected chi connectivity index (χ3v) is 2.51. The zero-order valence-electron chi connectivity index (χ0n) is 9.19. The van der Waals surface area contributed by atoms with Gasteiger partial charge in [-0.3, -0.25) is 4.79 Å². The summed E-state index contributed by atoms with van der Waals surface area (Å²) in [4.78, 5) is 10.7. The molecule has 0 saturated carbocycles. The van der Waals surface area contributed by atoms with Gasteiger partial charge in [0.2, 0.25) is 0 Å². The molecule has 5 heteroatoms. The maximum atomic E-state index is 10.7. The van der Waals surface area contributed by atoms with Gasteiger partial charge in [-0.25, -0.2) is 0 Å². The normalized spacial score (nSPS) is 37.7. The van der Waals surface area contributed by atoms with Crippen molar-refractivity contribution in [2.45, 2.75) is 44.9 Å². The quantitative estimate of drug-likeness (QED) is 0.628. The number of carbonyl (C=O) groups excluding carboxylic acids is 1. The standard InChI is InChI=1S/C10H16O5/c1-6(11)12-4-7-9-8(5-13-7)14-10(2,3)15-9/h7-9H,4-5H2,1-3H3/t7-,8+,9-/m1/s1. The van der Waals surface area contributed by atoms with Crippen molar-refractivity contribution in [3.8, 4) is 0 Å². The maximum Gasteiger partial charge on any atom is 0.302 e. The lowest BCUT2D eigenvalue weighted by atomic mass is 10.2. The molecule has 0 amide bonds. The summed E-state index contributed by atoms with van der Waals surface area (Å²) in [6.07, 6.45) is -0.374. The lowest BCUT2D eigenvalue weighted by molar-refractivity contribution is -0.181. The molecule has 2 saturated heterocycles. The Kier molecular flexibility index (Phi) is 2.70. The molecule has 2 rings (SSSR count). The summed E-state index contributed by atoms with van der Waals surface area (Å²) in [5.74, 6) is -0.867. The van der Waals surface area contributed by atoms with Crippen LogP contribution >= 0.6 is 0 Å². The Balaban J connectivity index is 1.91. The fourth-order valence-electron chi connectivity index (χ4n) is 1.96. The minimum atomic E-state index is -0.562. The molecule has 0 unspecified atom stereocenters. The fraction of sp³-hybridized carbons (Fsp3) is 0.900. The number of hydrogen-bond acceptors (Lipinski definition) is 5. The molecule has 5 nitrogen and oxygen atoms in total. The van der Waals surface area contributed by atoms with E-state index in [1.807, 2.05) is 13.8 Å². The first-order valence-corrected chi connectivity index (χ1v) is 5.08. The van der Waals surface area contributed by atoms with Gasteiger partial charge >= 0.3 is 5.97 Å². The highest BCUT2D eigenvalue weighted by Gasteiger charge is 2.50. The molecule has 2 aliphatic heterocycles. The Morgan fingerprint density at radius 3 is 2.87 bits per heavy atom. The highest BCUT2D eigenvalue weighted by Crippen LogP contribution is 2.35. The van der Waals surface area contributed by atoms with Crippen LogP contribution in [0.3, 0.4) is 0 Å². The van der Waals surface area contributed by atoms with Crippen molar-refractivity contribution in [2.75, 3.05) is 13.2 Å². The van der Waals surface area contributed by atoms with E-state index in [2.05, 4.69) is 0 Å². The van der Waals surface area contributed by atoms with E-state index in [-0.39, 0.29) is 30.9 Å². The van der Waals surface area contributed by atoms with Gasteiger partial charge in [0.25, 0.3) is 0 Å². The van der Waals surface area contributed by atoms with Gasteiger partial charge in [0, 0.05) is 6.92 Å². The van der Waals surface area contributed by atoms with Crippen LogP contribution in [-0.2, 0) is 23.7 Å². The molecule has 3 atom stereocenters. The second kappa shape index (κ2) is 3.73. The minimum Gasteiger partial charge on any atom is -0.463 e. The first-order chi connectivity index (χ1) is 6.98. The number of carbonyl (C=O) groups is 1. The van der Waals surface area contributed by atoms with E-state index in [1.54, 1.807) is 0 Å². The first-order valence-electron chi connectivity index (χ1n) is 5.08. The Morgan fingerprint density at radius 2 is 2.20 bits per heavy atom. The molecule has 2 aliphatic rings. The van der Waals surface area contributed by atoms with Gasteiger partial charge in [0.1, 0.15) is 24.9 Å². The molecular formula is C10H16O5. The highest BCUT2D eigenvalue weighted by atomic mass is 16.8. The smallest absolute Gasteiger partial charge is 0.302 e. The third kappa shape index (κ3) is 2.30. The van der Waals surface area contributed by atoms with Crippen LogP contribution < -0.4 is 0 Å². The average molecular weight is 216 g/mol. The van der Waals surface area contributed by atoms with Crippen molar-refractivity contribution in [2.24, 2.45) is 0 Å². The number of hydrogen-bond donors (Lipinski definition) is 0. The fourth-order valence-corrected chi connectivity index (χ4v) is 1.96. The van der Waals surface area contributed by atoms with Crippen LogP contribution in [0, 0.1) is 0 Å². The number of rotatable bonds is 2. The zero-order chi connectivity index (χ0) is 11.1. The van der Waals surface area contributed by atoms with Crippen molar-refractivity contribution in [1.29, 1.82) is 0 Å². The minimum absolute atomic E-state index is 0.0411. The molecule has 0 aromatic heterocycles. The molecule has 15 heavy (non-hydrogen) atoms. The van der Waals surface area contributed by atoms with Crippen LogP contribution in [0.2, 0.25) is 0 Å². The summed E-state index contributed by atoms with van der Waals surface area (Å²) in [6, 6.07) is 0. The summed E-state index contributed by atoms with van der Waals surface area (Å²) in [6.45, 7) is 5.85. The topological polar surface area (TPSA) is 54.0 Å². The molecule has 0 aromatic carbocycles. The van der Waals surface area contributed by atoms with Crippen molar-refractivity contribution < 1.29 is 23.7 Å². The van der Waals surface area contributed by atoms with E-state index in [4.69, 9.17) is 18.9 Å². The zero-order valence-corrected chi connectivity index (χ0v) is 9.19. The summed E-state index contributed by atoms with van der Waals surface area (Å²) in [7, 11) is 0. The predicted octanol–water partition coefficient (Wildman–Crippen LogP) is 0.468. The predicted molar refractivity (Wildman–Crippen MR) is 50.2 cm³/mol. The molecule has 2 heterocycles. The summed E-state index contributed by atoms with van der Waals surface area (Å²) in [5, 5.41) is 0. The van der Waals surface area contributed by atoms with Crippen molar-refractivity contribution >= 4 is 5.97 Å². The van der Waals surface area contributed by atoms with Gasteiger partial charge in [-0.2, -0.15) is 0 Å². The van der Waals surface area contributed by atoms with Crippen molar-refractivity contribution in [3.05, 3.63) is 0 Å². The van der Waals surface area contributed by atoms with Gasteiger partial charge in [-0.15, -0.1) is 0 Å². The van der Waals surface area contributed by atoms with Crippen molar-refractivity contribution in [3.63, 3.8) is 0 Å². The molecule has 2 fully saturated rings. The molecule has 0 radical (unpaired) electrons. The Bertz CT molecular complexity index is 263. The van der Waals surface area contributed by atoms with Crippen LogP contribution in [0.1, 0.15) is 20.8 Å². The molecule has 0 spiro atoms. The van der Waals surface area contributed by atoms with E-state index < -0.39 is 5.79 Å². The monoisotopic (exact) mass is 216 g/mol. The summed E-state index contributed by atoms with van der Waals surface area (Å²) < 4.78 is 21.6. The van der Waals surface area contributed by atoms with Gasteiger partial charge < -0.3 is 18.9 Å². The van der Waals surface area contributed by atoms with E-state index in [0.717, 1.165) is 0 Å². The van der Waals surface area contributed by atoms with E-state index in [1.165, 1.54) is 6.92 Å². The summed E-state index contributed by atoms with van der Waals surface area (Å²) >= 11 is 0. The molecule has 86 valence electrons. The highest BCUT2D eigenvalue weighted by molar-refractivity contribution is 5.65. The van der Waals surface area contributed by atoms with Crippen molar-refractivity contribution in [1.82, 2.24) is 0 Å². The van der Waals surface area contributed by atoms with Crippen LogP contribution in [-0.4, -0.2) is 43.3 Å². The molecule has 0 bridgehead atoms. The molecular weight excluding hydrogens is 200 g/mol. The maximum absolute atomic E-state index is 10.7. The number of esters is 1.